The second-order valence-corrected chi connectivity index (χ2v) is 5.49. The molecule has 2 nitrogen and oxygen atoms in total. The van der Waals surface area contributed by atoms with Gasteiger partial charge < -0.3 is 5.11 Å². The summed E-state index contributed by atoms with van der Waals surface area (Å²) in [5.74, 6) is 0.236. The smallest absolute Gasteiger partial charge is 0.124 e. The monoisotopic (exact) mass is 291 g/mol. The fraction of sp³-hybridized carbons (Fsp3) is 0.133. The van der Waals surface area contributed by atoms with Crippen molar-refractivity contribution in [2.75, 3.05) is 0 Å². The molecule has 1 heterocycles. The third kappa shape index (κ3) is 2.22. The van der Waals surface area contributed by atoms with Crippen molar-refractivity contribution in [2.45, 2.75) is 13.3 Å². The van der Waals surface area contributed by atoms with Gasteiger partial charge in [-0.1, -0.05) is 34.8 Å². The first kappa shape index (κ1) is 12.5. The number of aliphatic imine (C=N–C) groups is 1. The van der Waals surface area contributed by atoms with E-state index >= 15 is 0 Å². The number of aromatic hydroxyl groups is 1. The fourth-order valence-corrected chi connectivity index (χ4v) is 2.85. The molecule has 1 N–H and O–H groups in total. The molecule has 0 spiro atoms. The van der Waals surface area contributed by atoms with Crippen LogP contribution in [0.5, 0.6) is 5.75 Å². The molecule has 0 atom stereocenters. The number of phenols is 1. The summed E-state index contributed by atoms with van der Waals surface area (Å²) in [5.41, 5.74) is 4.40. The van der Waals surface area contributed by atoms with Crippen LogP contribution in [-0.4, -0.2) is 10.8 Å². The molecule has 96 valence electrons. The highest BCUT2D eigenvalue weighted by Gasteiger charge is 2.21. The first-order valence-electron chi connectivity index (χ1n) is 5.90. The number of nitrogens with zero attached hydrogens (tertiary/aromatic N) is 1. The van der Waals surface area contributed by atoms with Crippen LogP contribution in [0.2, 0.25) is 10.0 Å². The minimum Gasteiger partial charge on any atom is -0.507 e. The Hall–Kier alpha value is -1.51. The van der Waals surface area contributed by atoms with Crippen molar-refractivity contribution in [1.29, 1.82) is 0 Å². The molecular weight excluding hydrogens is 281 g/mol. The van der Waals surface area contributed by atoms with Gasteiger partial charge in [-0.25, -0.2) is 0 Å². The molecule has 0 aromatic heterocycles. The van der Waals surface area contributed by atoms with Crippen LogP contribution in [-0.2, 0) is 6.42 Å². The molecule has 0 saturated carbocycles. The molecule has 3 rings (SSSR count). The number of fused-ring (bicyclic) bond motifs is 1. The fourth-order valence-electron chi connectivity index (χ4n) is 2.27. The third-order valence-corrected chi connectivity index (χ3v) is 3.68. The molecule has 1 aliphatic heterocycles. The quantitative estimate of drug-likeness (QED) is 0.813. The van der Waals surface area contributed by atoms with E-state index < -0.39 is 0 Å². The molecular formula is C15H11Cl2NO. The number of phenolic OH excluding ortho intramolecular Hbond substituents is 1. The van der Waals surface area contributed by atoms with Crippen LogP contribution in [0, 0.1) is 6.92 Å². The Morgan fingerprint density at radius 1 is 1.16 bits per heavy atom. The van der Waals surface area contributed by atoms with E-state index in [-0.39, 0.29) is 5.75 Å². The van der Waals surface area contributed by atoms with Gasteiger partial charge >= 0.3 is 0 Å². The third-order valence-electron chi connectivity index (χ3n) is 3.17. The minimum absolute atomic E-state index is 0.236. The molecule has 0 unspecified atom stereocenters. The molecule has 0 radical (unpaired) electrons. The van der Waals surface area contributed by atoms with E-state index in [9.17, 15) is 5.11 Å². The van der Waals surface area contributed by atoms with E-state index in [1.807, 2.05) is 25.1 Å². The second-order valence-electron chi connectivity index (χ2n) is 4.65. The van der Waals surface area contributed by atoms with Crippen molar-refractivity contribution >= 4 is 34.6 Å². The van der Waals surface area contributed by atoms with Crippen LogP contribution in [0.4, 0.5) is 5.69 Å². The number of rotatable bonds is 1. The Balaban J connectivity index is 2.09. The van der Waals surface area contributed by atoms with Crippen molar-refractivity contribution in [2.24, 2.45) is 4.99 Å². The van der Waals surface area contributed by atoms with Crippen molar-refractivity contribution in [3.8, 4) is 5.75 Å². The standard InChI is InChI=1S/C15H11Cl2NO/c1-8-2-3-14(19)11(4-8)13-6-9-5-10(16)7-12(17)15(9)18-13/h2-5,7,19H,6H2,1H3. The zero-order valence-electron chi connectivity index (χ0n) is 10.2. The van der Waals surface area contributed by atoms with E-state index in [1.54, 1.807) is 12.1 Å². The van der Waals surface area contributed by atoms with Crippen LogP contribution >= 0.6 is 23.2 Å². The maximum absolute atomic E-state index is 9.96. The highest BCUT2D eigenvalue weighted by molar-refractivity contribution is 6.37. The zero-order valence-corrected chi connectivity index (χ0v) is 11.8. The van der Waals surface area contributed by atoms with Gasteiger partial charge in [-0.05, 0) is 36.8 Å². The maximum Gasteiger partial charge on any atom is 0.124 e. The van der Waals surface area contributed by atoms with Crippen molar-refractivity contribution < 1.29 is 5.11 Å². The molecule has 4 heteroatoms. The van der Waals surface area contributed by atoms with Crippen LogP contribution < -0.4 is 0 Å². The summed E-state index contributed by atoms with van der Waals surface area (Å²) in [5, 5.41) is 11.1. The largest absolute Gasteiger partial charge is 0.507 e. The van der Waals surface area contributed by atoms with E-state index in [0.29, 0.717) is 16.5 Å². The Morgan fingerprint density at radius 2 is 1.95 bits per heavy atom. The molecule has 0 fully saturated rings. The average molecular weight is 292 g/mol. The summed E-state index contributed by atoms with van der Waals surface area (Å²) in [6.45, 7) is 1.98. The molecule has 1 aliphatic rings. The molecule has 19 heavy (non-hydrogen) atoms. The van der Waals surface area contributed by atoms with Crippen LogP contribution in [0.25, 0.3) is 0 Å². The number of benzene rings is 2. The van der Waals surface area contributed by atoms with Crippen molar-refractivity contribution in [3.63, 3.8) is 0 Å². The Bertz CT molecular complexity index is 708. The summed E-state index contributed by atoms with van der Waals surface area (Å²) in [7, 11) is 0. The summed E-state index contributed by atoms with van der Waals surface area (Å²) >= 11 is 12.1. The molecule has 2 aromatic rings. The highest BCUT2D eigenvalue weighted by atomic mass is 35.5. The molecule has 0 amide bonds. The lowest BCUT2D eigenvalue weighted by atomic mass is 10.0. The van der Waals surface area contributed by atoms with Crippen LogP contribution in [0.1, 0.15) is 16.7 Å². The lowest BCUT2D eigenvalue weighted by Crippen LogP contribution is -2.01. The summed E-state index contributed by atoms with van der Waals surface area (Å²) < 4.78 is 0. The van der Waals surface area contributed by atoms with E-state index in [0.717, 1.165) is 28.1 Å². The average Bonchev–Trinajstić information content (AvgIpc) is 2.76. The van der Waals surface area contributed by atoms with E-state index in [4.69, 9.17) is 23.2 Å². The molecule has 2 aromatic carbocycles. The Morgan fingerprint density at radius 3 is 2.74 bits per heavy atom. The molecule has 0 bridgehead atoms. The normalized spacial score (nSPS) is 13.3. The zero-order chi connectivity index (χ0) is 13.6. The first-order chi connectivity index (χ1) is 9.04. The minimum atomic E-state index is 0.236. The SMILES string of the molecule is Cc1ccc(O)c(C2=Nc3c(Cl)cc(Cl)cc3C2)c1. The van der Waals surface area contributed by atoms with Crippen LogP contribution in [0.3, 0.4) is 0 Å². The summed E-state index contributed by atoms with van der Waals surface area (Å²) in [6, 6.07) is 9.03. The van der Waals surface area contributed by atoms with Crippen molar-refractivity contribution in [1.82, 2.24) is 0 Å². The number of hydrogen-bond acceptors (Lipinski definition) is 2. The lowest BCUT2D eigenvalue weighted by Gasteiger charge is -2.05. The van der Waals surface area contributed by atoms with Gasteiger partial charge in [0.25, 0.3) is 0 Å². The van der Waals surface area contributed by atoms with E-state index in [1.165, 1.54) is 0 Å². The van der Waals surface area contributed by atoms with Gasteiger partial charge in [0, 0.05) is 17.0 Å². The van der Waals surface area contributed by atoms with Gasteiger partial charge in [0.2, 0.25) is 0 Å². The maximum atomic E-state index is 9.96. The van der Waals surface area contributed by atoms with Crippen LogP contribution in [0.15, 0.2) is 35.3 Å². The van der Waals surface area contributed by atoms with Gasteiger partial charge in [0.15, 0.2) is 0 Å². The number of aryl methyl sites for hydroxylation is 1. The number of halogens is 2. The Kier molecular flexibility index (Phi) is 3.00. The topological polar surface area (TPSA) is 32.6 Å². The van der Waals surface area contributed by atoms with Gasteiger partial charge in [-0.2, -0.15) is 0 Å². The summed E-state index contributed by atoms with van der Waals surface area (Å²) in [4.78, 5) is 4.53. The highest BCUT2D eigenvalue weighted by Crippen LogP contribution is 2.39. The second kappa shape index (κ2) is 4.55. The van der Waals surface area contributed by atoms with Gasteiger partial charge in [0.05, 0.1) is 16.4 Å². The van der Waals surface area contributed by atoms with E-state index in [2.05, 4.69) is 4.99 Å². The Labute approximate surface area is 121 Å². The van der Waals surface area contributed by atoms with Crippen molar-refractivity contribution in [3.05, 3.63) is 57.1 Å². The summed E-state index contributed by atoms with van der Waals surface area (Å²) in [6.07, 6.45) is 0.632. The lowest BCUT2D eigenvalue weighted by molar-refractivity contribution is 0.474. The van der Waals surface area contributed by atoms with Gasteiger partial charge in [0.1, 0.15) is 5.75 Å². The van der Waals surface area contributed by atoms with Gasteiger partial charge in [-0.3, -0.25) is 4.99 Å². The number of hydrogen-bond donors (Lipinski definition) is 1. The van der Waals surface area contributed by atoms with Gasteiger partial charge in [-0.15, -0.1) is 0 Å². The first-order valence-corrected chi connectivity index (χ1v) is 6.65. The predicted molar refractivity (Wildman–Crippen MR) is 79.2 cm³/mol. The molecule has 0 aliphatic carbocycles. The molecule has 0 saturated heterocycles. The predicted octanol–water partition coefficient (Wildman–Crippen LogP) is 4.68.